The van der Waals surface area contributed by atoms with E-state index >= 15 is 0 Å². The summed E-state index contributed by atoms with van der Waals surface area (Å²) in [5.74, 6) is 0.0646. The topological polar surface area (TPSA) is 35.6 Å². The lowest BCUT2D eigenvalue weighted by atomic mass is 10.0. The second-order valence-electron chi connectivity index (χ2n) is 7.54. The molecule has 0 bridgehead atoms. The Morgan fingerprint density at radius 2 is 1.61 bits per heavy atom. The molecule has 4 heteroatoms. The molecule has 0 aliphatic carbocycles. The summed E-state index contributed by atoms with van der Waals surface area (Å²) >= 11 is 0. The highest BCUT2D eigenvalue weighted by atomic mass is 16.1. The quantitative estimate of drug-likeness (QED) is 0.729. The number of amides is 1. The highest BCUT2D eigenvalue weighted by Gasteiger charge is 2.17. The van der Waals surface area contributed by atoms with E-state index in [4.69, 9.17) is 0 Å². The lowest BCUT2D eigenvalue weighted by molar-refractivity contribution is -0.116. The van der Waals surface area contributed by atoms with Crippen molar-refractivity contribution in [1.29, 1.82) is 0 Å². The maximum atomic E-state index is 12.6. The van der Waals surface area contributed by atoms with Gasteiger partial charge in [0.1, 0.15) is 0 Å². The Hall–Kier alpha value is -2.85. The van der Waals surface area contributed by atoms with E-state index in [1.807, 2.05) is 30.3 Å². The average molecular weight is 374 g/mol. The maximum absolute atomic E-state index is 12.6. The zero-order valence-electron chi connectivity index (χ0n) is 16.4. The van der Waals surface area contributed by atoms with Crippen molar-refractivity contribution in [2.24, 2.45) is 0 Å². The summed E-state index contributed by atoms with van der Waals surface area (Å²) in [6.45, 7) is 4.06. The third kappa shape index (κ3) is 4.34. The highest BCUT2D eigenvalue weighted by Crippen LogP contribution is 2.27. The third-order valence-corrected chi connectivity index (χ3v) is 5.48. The van der Waals surface area contributed by atoms with Crippen LogP contribution in [0.4, 0.5) is 11.4 Å². The second kappa shape index (κ2) is 8.44. The van der Waals surface area contributed by atoms with Gasteiger partial charge in [-0.2, -0.15) is 0 Å². The van der Waals surface area contributed by atoms with Crippen LogP contribution in [0.2, 0.25) is 0 Å². The van der Waals surface area contributed by atoms with Gasteiger partial charge in [-0.1, -0.05) is 54.6 Å². The van der Waals surface area contributed by atoms with Crippen LogP contribution in [-0.4, -0.2) is 44.0 Å². The molecule has 1 N–H and O–H groups in total. The molecule has 1 fully saturated rings. The number of anilines is 2. The third-order valence-electron chi connectivity index (χ3n) is 5.48. The fraction of sp³-hybridized carbons (Fsp3) is 0.292. The number of hydrogen-bond acceptors (Lipinski definition) is 3. The van der Waals surface area contributed by atoms with E-state index in [9.17, 15) is 4.79 Å². The molecule has 1 aliphatic heterocycles. The number of hydrogen-bond donors (Lipinski definition) is 1. The Morgan fingerprint density at radius 1 is 0.893 bits per heavy atom. The van der Waals surface area contributed by atoms with Gasteiger partial charge >= 0.3 is 0 Å². The highest BCUT2D eigenvalue weighted by molar-refractivity contribution is 5.94. The molecule has 0 saturated carbocycles. The number of benzene rings is 3. The molecule has 1 aliphatic rings. The van der Waals surface area contributed by atoms with Crippen LogP contribution in [0.1, 0.15) is 12.0 Å². The van der Waals surface area contributed by atoms with Gasteiger partial charge in [0.2, 0.25) is 5.91 Å². The van der Waals surface area contributed by atoms with Gasteiger partial charge in [0, 0.05) is 32.6 Å². The van der Waals surface area contributed by atoms with Gasteiger partial charge in [0.05, 0.1) is 11.4 Å². The molecule has 1 heterocycles. The molecule has 1 amide bonds. The Morgan fingerprint density at radius 3 is 2.43 bits per heavy atom. The molecule has 3 aromatic rings. The van der Waals surface area contributed by atoms with Gasteiger partial charge in [-0.3, -0.25) is 4.79 Å². The fourth-order valence-corrected chi connectivity index (χ4v) is 3.77. The SMILES string of the molecule is CN1CCN(c2ccccc2NC(=O)CCc2ccc3ccccc3c2)CC1. The monoisotopic (exact) mass is 373 g/mol. The summed E-state index contributed by atoms with van der Waals surface area (Å²) in [5, 5.41) is 5.59. The van der Waals surface area contributed by atoms with Crippen LogP contribution < -0.4 is 10.2 Å². The van der Waals surface area contributed by atoms with Crippen LogP contribution in [0, 0.1) is 0 Å². The molecular formula is C24H27N3O. The van der Waals surface area contributed by atoms with E-state index in [2.05, 4.69) is 58.6 Å². The Labute approximate surface area is 166 Å². The summed E-state index contributed by atoms with van der Waals surface area (Å²) < 4.78 is 0. The molecule has 28 heavy (non-hydrogen) atoms. The number of para-hydroxylation sites is 2. The first-order valence-electron chi connectivity index (χ1n) is 9.99. The summed E-state index contributed by atoms with van der Waals surface area (Å²) in [4.78, 5) is 17.3. The number of fused-ring (bicyclic) bond motifs is 1. The Kier molecular flexibility index (Phi) is 5.58. The summed E-state index contributed by atoms with van der Waals surface area (Å²) in [6, 6.07) is 22.9. The van der Waals surface area contributed by atoms with Crippen molar-refractivity contribution in [1.82, 2.24) is 4.90 Å². The van der Waals surface area contributed by atoms with Crippen molar-refractivity contribution in [3.63, 3.8) is 0 Å². The van der Waals surface area contributed by atoms with Gasteiger partial charge in [0.15, 0.2) is 0 Å². The number of carbonyl (C=O) groups is 1. The van der Waals surface area contributed by atoms with Gasteiger partial charge in [0.25, 0.3) is 0 Å². The van der Waals surface area contributed by atoms with E-state index in [0.29, 0.717) is 6.42 Å². The first kappa shape index (κ1) is 18.5. The van der Waals surface area contributed by atoms with Crippen LogP contribution in [-0.2, 0) is 11.2 Å². The molecule has 3 aromatic carbocycles. The second-order valence-corrected chi connectivity index (χ2v) is 7.54. The lowest BCUT2D eigenvalue weighted by Crippen LogP contribution is -2.44. The van der Waals surface area contributed by atoms with Gasteiger partial charge in [-0.05, 0) is 41.9 Å². The molecule has 4 nitrogen and oxygen atoms in total. The lowest BCUT2D eigenvalue weighted by Gasteiger charge is -2.35. The van der Waals surface area contributed by atoms with E-state index in [1.165, 1.54) is 16.3 Å². The standard InChI is InChI=1S/C24H27N3O/c1-26-14-16-27(17-15-26)23-9-5-4-8-22(23)25-24(28)13-11-19-10-12-20-6-2-3-7-21(20)18-19/h2-10,12,18H,11,13-17H2,1H3,(H,25,28). The minimum atomic E-state index is 0.0646. The molecule has 0 spiro atoms. The van der Waals surface area contributed by atoms with Crippen LogP contribution in [0.25, 0.3) is 10.8 Å². The minimum Gasteiger partial charge on any atom is -0.367 e. The fourth-order valence-electron chi connectivity index (χ4n) is 3.77. The summed E-state index contributed by atoms with van der Waals surface area (Å²) in [6.07, 6.45) is 1.22. The number of aryl methyl sites for hydroxylation is 1. The van der Waals surface area contributed by atoms with Crippen LogP contribution in [0.3, 0.4) is 0 Å². The number of piperazine rings is 1. The van der Waals surface area contributed by atoms with Crippen molar-refractivity contribution >= 4 is 28.1 Å². The number of nitrogens with one attached hydrogen (secondary N) is 1. The first-order chi connectivity index (χ1) is 13.7. The van der Waals surface area contributed by atoms with E-state index in [-0.39, 0.29) is 5.91 Å². The van der Waals surface area contributed by atoms with Crippen LogP contribution >= 0.6 is 0 Å². The molecule has 0 aromatic heterocycles. The molecule has 0 radical (unpaired) electrons. The summed E-state index contributed by atoms with van der Waals surface area (Å²) in [5.41, 5.74) is 3.23. The van der Waals surface area contributed by atoms with Crippen molar-refractivity contribution in [2.75, 3.05) is 43.4 Å². The van der Waals surface area contributed by atoms with Gasteiger partial charge in [-0.15, -0.1) is 0 Å². The molecule has 0 atom stereocenters. The predicted molar refractivity (Wildman–Crippen MR) is 117 cm³/mol. The minimum absolute atomic E-state index is 0.0646. The molecule has 0 unspecified atom stereocenters. The van der Waals surface area contributed by atoms with Crippen molar-refractivity contribution in [3.8, 4) is 0 Å². The van der Waals surface area contributed by atoms with Crippen LogP contribution in [0.5, 0.6) is 0 Å². The van der Waals surface area contributed by atoms with Gasteiger partial charge < -0.3 is 15.1 Å². The molecule has 144 valence electrons. The Bertz CT molecular complexity index is 961. The van der Waals surface area contributed by atoms with E-state index < -0.39 is 0 Å². The largest absolute Gasteiger partial charge is 0.367 e. The molecular weight excluding hydrogens is 346 g/mol. The maximum Gasteiger partial charge on any atom is 0.224 e. The van der Waals surface area contributed by atoms with Crippen molar-refractivity contribution in [2.45, 2.75) is 12.8 Å². The zero-order valence-corrected chi connectivity index (χ0v) is 16.4. The van der Waals surface area contributed by atoms with E-state index in [1.54, 1.807) is 0 Å². The molecule has 1 saturated heterocycles. The van der Waals surface area contributed by atoms with Crippen molar-refractivity contribution in [3.05, 3.63) is 72.3 Å². The smallest absolute Gasteiger partial charge is 0.224 e. The summed E-state index contributed by atoms with van der Waals surface area (Å²) in [7, 11) is 2.15. The average Bonchev–Trinajstić information content (AvgIpc) is 2.73. The normalized spacial score (nSPS) is 15.0. The first-order valence-corrected chi connectivity index (χ1v) is 9.99. The number of carbonyl (C=O) groups excluding carboxylic acids is 1. The molecule has 4 rings (SSSR count). The predicted octanol–water partition coefficient (Wildman–Crippen LogP) is 4.16. The Balaban J connectivity index is 1.39. The van der Waals surface area contributed by atoms with E-state index in [0.717, 1.165) is 44.0 Å². The number of rotatable bonds is 5. The van der Waals surface area contributed by atoms with Gasteiger partial charge in [-0.25, -0.2) is 0 Å². The zero-order chi connectivity index (χ0) is 19.3. The van der Waals surface area contributed by atoms with Crippen LogP contribution in [0.15, 0.2) is 66.7 Å². The van der Waals surface area contributed by atoms with Crippen molar-refractivity contribution < 1.29 is 4.79 Å². The number of nitrogens with zero attached hydrogens (tertiary/aromatic N) is 2. The number of likely N-dealkylation sites (N-methyl/N-ethyl adjacent to an activating group) is 1.